The SMILES string of the molecule is c1cc(-c2cccc3ccccc23)cc(N(c2ccc(-c3cccc(-n4c5ccccc5c5ccccc54)c3)cc2)c2ccc(-n3c4ccccc4c4ccccc43)cc2)c1. The lowest BCUT2D eigenvalue weighted by Gasteiger charge is -2.26. The third kappa shape index (κ3) is 5.82. The molecule has 0 atom stereocenters. The highest BCUT2D eigenvalue weighted by Crippen LogP contribution is 2.41. The van der Waals surface area contributed by atoms with E-state index >= 15 is 0 Å². The highest BCUT2D eigenvalue weighted by atomic mass is 15.1. The van der Waals surface area contributed by atoms with Crippen molar-refractivity contribution < 1.29 is 0 Å². The molecule has 0 bridgehead atoms. The fourth-order valence-electron chi connectivity index (χ4n) is 9.52. The van der Waals surface area contributed by atoms with Crippen molar-refractivity contribution >= 4 is 71.4 Å². The molecule has 0 aliphatic carbocycles. The van der Waals surface area contributed by atoms with E-state index in [2.05, 4.69) is 251 Å². The molecule has 3 heteroatoms. The van der Waals surface area contributed by atoms with Gasteiger partial charge in [-0.2, -0.15) is 0 Å². The maximum Gasteiger partial charge on any atom is 0.0541 e. The van der Waals surface area contributed by atoms with Crippen LogP contribution in [0.4, 0.5) is 17.1 Å². The van der Waals surface area contributed by atoms with Gasteiger partial charge in [0, 0.05) is 50.0 Å². The van der Waals surface area contributed by atoms with Crippen LogP contribution in [0.1, 0.15) is 0 Å². The Labute approximate surface area is 354 Å². The minimum Gasteiger partial charge on any atom is -0.310 e. The Morgan fingerprint density at radius 1 is 0.262 bits per heavy atom. The van der Waals surface area contributed by atoms with Gasteiger partial charge in [-0.3, -0.25) is 0 Å². The molecule has 2 heterocycles. The van der Waals surface area contributed by atoms with Crippen molar-refractivity contribution in [3.63, 3.8) is 0 Å². The molecule has 12 aromatic rings. The summed E-state index contributed by atoms with van der Waals surface area (Å²) in [6.45, 7) is 0. The van der Waals surface area contributed by atoms with Gasteiger partial charge in [0.25, 0.3) is 0 Å². The summed E-state index contributed by atoms with van der Waals surface area (Å²) >= 11 is 0. The zero-order valence-electron chi connectivity index (χ0n) is 33.4. The highest BCUT2D eigenvalue weighted by Gasteiger charge is 2.18. The summed E-state index contributed by atoms with van der Waals surface area (Å²) in [5.41, 5.74) is 15.1. The van der Waals surface area contributed by atoms with Gasteiger partial charge in [0.2, 0.25) is 0 Å². The van der Waals surface area contributed by atoms with E-state index < -0.39 is 0 Å². The van der Waals surface area contributed by atoms with Gasteiger partial charge in [0.15, 0.2) is 0 Å². The van der Waals surface area contributed by atoms with Crippen molar-refractivity contribution in [1.29, 1.82) is 0 Å². The minimum atomic E-state index is 1.08. The van der Waals surface area contributed by atoms with Crippen LogP contribution in [0.15, 0.2) is 237 Å². The van der Waals surface area contributed by atoms with E-state index in [-0.39, 0.29) is 0 Å². The number of rotatable bonds is 7. The van der Waals surface area contributed by atoms with E-state index in [1.807, 2.05) is 0 Å². The van der Waals surface area contributed by atoms with Crippen molar-refractivity contribution in [2.24, 2.45) is 0 Å². The first-order valence-electron chi connectivity index (χ1n) is 20.9. The second-order valence-electron chi connectivity index (χ2n) is 15.8. The van der Waals surface area contributed by atoms with E-state index in [9.17, 15) is 0 Å². The lowest BCUT2D eigenvalue weighted by atomic mass is 9.97. The monoisotopic (exact) mass is 777 g/mol. The molecule has 0 unspecified atom stereocenters. The zero-order chi connectivity index (χ0) is 40.3. The maximum absolute atomic E-state index is 2.39. The number of hydrogen-bond acceptors (Lipinski definition) is 1. The Morgan fingerprint density at radius 2 is 0.721 bits per heavy atom. The molecule has 12 rings (SSSR count). The van der Waals surface area contributed by atoms with E-state index in [4.69, 9.17) is 0 Å². The third-order valence-electron chi connectivity index (χ3n) is 12.3. The van der Waals surface area contributed by atoms with Crippen LogP contribution in [0.2, 0.25) is 0 Å². The highest BCUT2D eigenvalue weighted by molar-refractivity contribution is 6.10. The van der Waals surface area contributed by atoms with Crippen molar-refractivity contribution in [2.75, 3.05) is 4.90 Å². The largest absolute Gasteiger partial charge is 0.310 e. The first-order chi connectivity index (χ1) is 30.3. The summed E-state index contributed by atoms with van der Waals surface area (Å²) in [5.74, 6) is 0. The zero-order valence-corrected chi connectivity index (χ0v) is 33.4. The Hall–Kier alpha value is -8.14. The first kappa shape index (κ1) is 34.9. The topological polar surface area (TPSA) is 13.1 Å². The molecule has 0 saturated heterocycles. The summed E-state index contributed by atoms with van der Waals surface area (Å²) in [5, 5.41) is 7.53. The van der Waals surface area contributed by atoms with Crippen LogP contribution >= 0.6 is 0 Å². The van der Waals surface area contributed by atoms with E-state index in [0.717, 1.165) is 34.0 Å². The fourth-order valence-corrected chi connectivity index (χ4v) is 9.52. The van der Waals surface area contributed by atoms with Crippen molar-refractivity contribution in [3.05, 3.63) is 237 Å². The number of para-hydroxylation sites is 4. The van der Waals surface area contributed by atoms with Gasteiger partial charge in [-0.05, 0) is 118 Å². The second-order valence-corrected chi connectivity index (χ2v) is 15.8. The molecule has 0 N–H and O–H groups in total. The molecule has 0 fully saturated rings. The number of aromatic nitrogens is 2. The van der Waals surface area contributed by atoms with Crippen LogP contribution < -0.4 is 4.90 Å². The molecule has 0 saturated carbocycles. The molecule has 2 aromatic heterocycles. The van der Waals surface area contributed by atoms with Gasteiger partial charge >= 0.3 is 0 Å². The Bertz CT molecular complexity index is 3480. The molecule has 3 nitrogen and oxygen atoms in total. The van der Waals surface area contributed by atoms with Crippen LogP contribution in [0, 0.1) is 0 Å². The van der Waals surface area contributed by atoms with E-state index in [0.29, 0.717) is 0 Å². The molecule has 0 spiro atoms. The molecule has 10 aromatic carbocycles. The van der Waals surface area contributed by atoms with E-state index in [1.165, 1.54) is 71.1 Å². The van der Waals surface area contributed by atoms with Crippen molar-refractivity contribution in [3.8, 4) is 33.6 Å². The predicted octanol–water partition coefficient (Wildman–Crippen LogP) is 15.8. The molecule has 0 amide bonds. The van der Waals surface area contributed by atoms with E-state index in [1.54, 1.807) is 0 Å². The normalized spacial score (nSPS) is 11.6. The van der Waals surface area contributed by atoms with Gasteiger partial charge in [0.1, 0.15) is 0 Å². The van der Waals surface area contributed by atoms with Crippen LogP contribution in [0.3, 0.4) is 0 Å². The summed E-state index contributed by atoms with van der Waals surface area (Å²) < 4.78 is 4.76. The fraction of sp³-hybridized carbons (Fsp3) is 0. The van der Waals surface area contributed by atoms with Gasteiger partial charge in [0.05, 0.1) is 22.1 Å². The second kappa shape index (κ2) is 14.3. The summed E-state index contributed by atoms with van der Waals surface area (Å²) in [7, 11) is 0. The molecule has 61 heavy (non-hydrogen) atoms. The minimum absolute atomic E-state index is 1.08. The average Bonchev–Trinajstić information content (AvgIpc) is 3.85. The third-order valence-corrected chi connectivity index (χ3v) is 12.3. The number of benzene rings is 10. The smallest absolute Gasteiger partial charge is 0.0541 e. The first-order valence-corrected chi connectivity index (χ1v) is 20.9. The lowest BCUT2D eigenvalue weighted by Crippen LogP contribution is -2.10. The quantitative estimate of drug-likeness (QED) is 0.157. The number of anilines is 3. The standard InChI is InChI=1S/C58H39N3/c1-2-20-49-41(14-1)15-13-25-50(49)43-17-12-18-47(39-43)59(45-34-36-46(37-35-45)60-55-26-7-3-21-51(55)52-22-4-8-27-56(52)60)44-32-30-40(31-33-44)42-16-11-19-48(38-42)61-57-28-9-5-23-53(57)54-24-6-10-29-58(54)61/h1-39H. The summed E-state index contributed by atoms with van der Waals surface area (Å²) in [4.78, 5) is 2.38. The number of hydrogen-bond donors (Lipinski definition) is 0. The Morgan fingerprint density at radius 3 is 1.33 bits per heavy atom. The summed E-state index contributed by atoms with van der Waals surface area (Å²) in [6, 6.07) is 85.9. The molecular formula is C58H39N3. The lowest BCUT2D eigenvalue weighted by molar-refractivity contribution is 1.17. The van der Waals surface area contributed by atoms with Crippen LogP contribution in [-0.2, 0) is 0 Å². The predicted molar refractivity (Wildman–Crippen MR) is 258 cm³/mol. The number of nitrogens with zero attached hydrogens (tertiary/aromatic N) is 3. The average molecular weight is 778 g/mol. The molecule has 0 aliphatic heterocycles. The van der Waals surface area contributed by atoms with Crippen LogP contribution in [0.5, 0.6) is 0 Å². The summed E-state index contributed by atoms with van der Waals surface area (Å²) in [6.07, 6.45) is 0. The van der Waals surface area contributed by atoms with Gasteiger partial charge in [-0.15, -0.1) is 0 Å². The molecule has 0 aliphatic rings. The Kier molecular flexibility index (Phi) is 8.17. The van der Waals surface area contributed by atoms with Gasteiger partial charge in [-0.25, -0.2) is 0 Å². The van der Waals surface area contributed by atoms with Crippen LogP contribution in [-0.4, -0.2) is 9.13 Å². The van der Waals surface area contributed by atoms with Gasteiger partial charge in [-0.1, -0.05) is 152 Å². The van der Waals surface area contributed by atoms with Gasteiger partial charge < -0.3 is 14.0 Å². The van der Waals surface area contributed by atoms with Crippen LogP contribution in [0.25, 0.3) is 88.0 Å². The van der Waals surface area contributed by atoms with Crippen molar-refractivity contribution in [2.45, 2.75) is 0 Å². The molecule has 0 radical (unpaired) electrons. The number of fused-ring (bicyclic) bond motifs is 7. The molecular weight excluding hydrogens is 739 g/mol. The van der Waals surface area contributed by atoms with Crippen molar-refractivity contribution in [1.82, 2.24) is 9.13 Å². The Balaban J connectivity index is 0.967. The maximum atomic E-state index is 2.39. The molecule has 286 valence electrons.